The molecule has 1 saturated carbocycles. The van der Waals surface area contributed by atoms with Gasteiger partial charge in [0.1, 0.15) is 15.6 Å². The van der Waals surface area contributed by atoms with E-state index in [1.165, 1.54) is 18.3 Å². The van der Waals surface area contributed by atoms with E-state index in [1.54, 1.807) is 38.5 Å². The van der Waals surface area contributed by atoms with Crippen LogP contribution in [0.2, 0.25) is 5.02 Å². The number of aryl methyl sites for hydroxylation is 2. The molecule has 0 radical (unpaired) electrons. The van der Waals surface area contributed by atoms with Crippen molar-refractivity contribution in [2.75, 3.05) is 6.26 Å². The van der Waals surface area contributed by atoms with Crippen LogP contribution in [0.3, 0.4) is 0 Å². The minimum absolute atomic E-state index is 0.0166. The molecule has 37 heavy (non-hydrogen) atoms. The fourth-order valence-electron chi connectivity index (χ4n) is 4.66. The summed E-state index contributed by atoms with van der Waals surface area (Å²) in [7, 11) is -3.90. The lowest BCUT2D eigenvalue weighted by Crippen LogP contribution is -2.24. The molecule has 7 nitrogen and oxygen atoms in total. The van der Waals surface area contributed by atoms with Crippen LogP contribution >= 0.6 is 11.6 Å². The Morgan fingerprint density at radius 3 is 2.49 bits per heavy atom. The summed E-state index contributed by atoms with van der Waals surface area (Å²) in [6.07, 6.45) is 7.80. The van der Waals surface area contributed by atoms with Crippen LogP contribution in [-0.2, 0) is 9.84 Å². The summed E-state index contributed by atoms with van der Waals surface area (Å²) in [5, 5.41) is -0.0376. The van der Waals surface area contributed by atoms with E-state index in [0.717, 1.165) is 29.0 Å². The summed E-state index contributed by atoms with van der Waals surface area (Å²) in [6.45, 7) is 3.22. The molecule has 1 aromatic carbocycles. The molecule has 3 aromatic heterocycles. The van der Waals surface area contributed by atoms with Crippen LogP contribution in [0.4, 0.5) is 8.78 Å². The first kappa shape index (κ1) is 25.2. The average molecular weight is 543 g/mol. The number of halogens is 3. The number of sulfone groups is 1. The third-order valence-corrected chi connectivity index (χ3v) is 8.03. The summed E-state index contributed by atoms with van der Waals surface area (Å²) < 4.78 is 56.2. The number of rotatable bonds is 5. The molecular formula is C26H21ClF2N4O3S. The van der Waals surface area contributed by atoms with Crippen molar-refractivity contribution in [3.05, 3.63) is 98.6 Å². The maximum atomic E-state index is 16.0. The fourth-order valence-corrected chi connectivity index (χ4v) is 5.70. The zero-order chi connectivity index (χ0) is 26.6. The third kappa shape index (κ3) is 4.34. The predicted molar refractivity (Wildman–Crippen MR) is 135 cm³/mol. The number of hydrogen-bond acceptors (Lipinski definition) is 6. The van der Waals surface area contributed by atoms with Gasteiger partial charge in [-0.1, -0.05) is 17.7 Å². The Hall–Kier alpha value is -3.50. The smallest absolute Gasteiger partial charge is 0.274 e. The molecule has 1 fully saturated rings. The van der Waals surface area contributed by atoms with E-state index >= 15 is 8.78 Å². The van der Waals surface area contributed by atoms with Crippen molar-refractivity contribution < 1.29 is 17.2 Å². The standard InChI is InChI=1S/C26H21ClF2N4O3S/c1-13-11-32-24(15-5-4-6-20(22(15)28)37(3,35)36)23(29)25(13)33-14(2)9-18(21(27)26(33)34)16-10-17(16)19-12-30-7-8-31-19/h4-9,11-12,16-17H,10H2,1-3H3/t16-,17-/m0/s1. The molecule has 190 valence electrons. The van der Waals surface area contributed by atoms with Crippen LogP contribution < -0.4 is 5.56 Å². The van der Waals surface area contributed by atoms with Gasteiger partial charge in [0.2, 0.25) is 0 Å². The van der Waals surface area contributed by atoms with Gasteiger partial charge in [-0.25, -0.2) is 17.2 Å². The molecule has 0 unspecified atom stereocenters. The molecule has 0 saturated heterocycles. The lowest BCUT2D eigenvalue weighted by molar-refractivity contribution is 0.569. The molecule has 2 atom stereocenters. The van der Waals surface area contributed by atoms with E-state index in [4.69, 9.17) is 11.6 Å². The second-order valence-corrected chi connectivity index (χ2v) is 11.5. The van der Waals surface area contributed by atoms with E-state index in [-0.39, 0.29) is 28.1 Å². The number of hydrogen-bond donors (Lipinski definition) is 0. The Balaban J connectivity index is 1.63. The number of pyridine rings is 2. The molecule has 0 aliphatic heterocycles. The molecule has 0 N–H and O–H groups in total. The van der Waals surface area contributed by atoms with Gasteiger partial charge in [-0.15, -0.1) is 0 Å². The number of nitrogens with zero attached hydrogens (tertiary/aromatic N) is 4. The lowest BCUT2D eigenvalue weighted by atomic mass is 10.1. The van der Waals surface area contributed by atoms with E-state index in [9.17, 15) is 13.2 Å². The van der Waals surface area contributed by atoms with Crippen LogP contribution in [0.15, 0.2) is 58.7 Å². The highest BCUT2D eigenvalue weighted by Gasteiger charge is 2.42. The van der Waals surface area contributed by atoms with Gasteiger partial charge in [0.25, 0.3) is 5.56 Å². The van der Waals surface area contributed by atoms with Gasteiger partial charge in [0, 0.05) is 48.2 Å². The first-order chi connectivity index (χ1) is 17.5. The molecular weight excluding hydrogens is 522 g/mol. The highest BCUT2D eigenvalue weighted by Crippen LogP contribution is 2.55. The summed E-state index contributed by atoms with van der Waals surface area (Å²) in [5.74, 6) is -2.02. The molecule has 4 aromatic rings. The SMILES string of the molecule is Cc1cnc(-c2cccc(S(C)(=O)=O)c2F)c(F)c1-n1c(C)cc([C@H]2C[C@@H]2c2cnccn2)c(Cl)c1=O. The van der Waals surface area contributed by atoms with Crippen molar-refractivity contribution in [2.45, 2.75) is 37.0 Å². The molecule has 0 bridgehead atoms. The molecule has 0 amide bonds. The molecule has 3 heterocycles. The molecule has 1 aliphatic rings. The third-order valence-electron chi connectivity index (χ3n) is 6.53. The Kier molecular flexibility index (Phi) is 6.19. The van der Waals surface area contributed by atoms with Gasteiger partial charge in [-0.05, 0) is 55.5 Å². The van der Waals surface area contributed by atoms with Gasteiger partial charge in [-0.2, -0.15) is 0 Å². The van der Waals surface area contributed by atoms with Crippen molar-refractivity contribution in [2.24, 2.45) is 0 Å². The predicted octanol–water partition coefficient (Wildman–Crippen LogP) is 4.91. The van der Waals surface area contributed by atoms with E-state index in [0.29, 0.717) is 16.8 Å². The summed E-state index contributed by atoms with van der Waals surface area (Å²) in [4.78, 5) is 25.3. The van der Waals surface area contributed by atoms with Gasteiger partial charge in [-0.3, -0.25) is 24.3 Å². The van der Waals surface area contributed by atoms with Crippen molar-refractivity contribution in [3.8, 4) is 16.9 Å². The Morgan fingerprint density at radius 1 is 1.05 bits per heavy atom. The second-order valence-electron chi connectivity index (χ2n) is 9.12. The summed E-state index contributed by atoms with van der Waals surface area (Å²) in [6, 6.07) is 5.39. The largest absolute Gasteiger partial charge is 0.277 e. The minimum atomic E-state index is -3.90. The highest BCUT2D eigenvalue weighted by molar-refractivity contribution is 7.90. The molecule has 0 spiro atoms. The van der Waals surface area contributed by atoms with Crippen LogP contribution in [0.1, 0.15) is 40.8 Å². The lowest BCUT2D eigenvalue weighted by Gasteiger charge is -2.18. The average Bonchev–Trinajstić information content (AvgIpc) is 3.64. The van der Waals surface area contributed by atoms with Crippen molar-refractivity contribution >= 4 is 21.4 Å². The van der Waals surface area contributed by atoms with Crippen LogP contribution in [-0.4, -0.2) is 34.2 Å². The molecule has 11 heteroatoms. The van der Waals surface area contributed by atoms with E-state index in [1.807, 2.05) is 0 Å². The minimum Gasteiger partial charge on any atom is -0.277 e. The maximum absolute atomic E-state index is 16.0. The van der Waals surface area contributed by atoms with Gasteiger partial charge >= 0.3 is 0 Å². The van der Waals surface area contributed by atoms with Crippen LogP contribution in [0, 0.1) is 25.5 Å². The monoisotopic (exact) mass is 542 g/mol. The van der Waals surface area contributed by atoms with Gasteiger partial charge in [0.15, 0.2) is 21.5 Å². The Morgan fingerprint density at radius 2 is 1.81 bits per heavy atom. The Labute approximate surface area is 216 Å². The molecule has 5 rings (SSSR count). The zero-order valence-corrected chi connectivity index (χ0v) is 21.6. The molecule has 1 aliphatic carbocycles. The summed E-state index contributed by atoms with van der Waals surface area (Å²) in [5.41, 5.74) is 0.703. The quantitative estimate of drug-likeness (QED) is 0.355. The number of aromatic nitrogens is 4. The maximum Gasteiger partial charge on any atom is 0.274 e. The van der Waals surface area contributed by atoms with Crippen LogP contribution in [0.25, 0.3) is 16.9 Å². The van der Waals surface area contributed by atoms with Crippen LogP contribution in [0.5, 0.6) is 0 Å². The highest BCUT2D eigenvalue weighted by atomic mass is 35.5. The topological polar surface area (TPSA) is 94.8 Å². The summed E-state index contributed by atoms with van der Waals surface area (Å²) >= 11 is 6.53. The normalized spacial score (nSPS) is 17.1. The zero-order valence-electron chi connectivity index (χ0n) is 20.0. The van der Waals surface area contributed by atoms with Crippen molar-refractivity contribution in [3.63, 3.8) is 0 Å². The van der Waals surface area contributed by atoms with E-state index in [2.05, 4.69) is 15.0 Å². The first-order valence-corrected chi connectivity index (χ1v) is 13.6. The van der Waals surface area contributed by atoms with Crippen molar-refractivity contribution in [1.29, 1.82) is 0 Å². The van der Waals surface area contributed by atoms with Crippen molar-refractivity contribution in [1.82, 2.24) is 19.5 Å². The second kappa shape index (κ2) is 9.11. The fraction of sp³-hybridized carbons (Fsp3) is 0.231. The Bertz CT molecular complexity index is 1730. The first-order valence-electron chi connectivity index (χ1n) is 11.3. The van der Waals surface area contributed by atoms with Gasteiger partial charge in [0.05, 0.1) is 11.4 Å². The number of benzene rings is 1. The van der Waals surface area contributed by atoms with Gasteiger partial charge < -0.3 is 0 Å². The van der Waals surface area contributed by atoms with E-state index < -0.39 is 37.6 Å².